The van der Waals surface area contributed by atoms with Crippen molar-refractivity contribution in [2.75, 3.05) is 5.73 Å². The molecule has 2 atom stereocenters. The Bertz CT molecular complexity index is 2210. The minimum Gasteiger partial charge on any atom is -0.508 e. The van der Waals surface area contributed by atoms with E-state index in [4.69, 9.17) is 26.5 Å². The van der Waals surface area contributed by atoms with Crippen LogP contribution >= 0.6 is 0 Å². The van der Waals surface area contributed by atoms with Crippen molar-refractivity contribution in [1.82, 2.24) is 0 Å². The zero-order valence-corrected chi connectivity index (χ0v) is 42.2. The standard InChI is InChI=1S/C12H18.C10H14O4.C6H5NO2.C6H7N.C6H6O2.C6H4O2.C6H6.C3H6O.C3H6.CH4/c1-9(2)11-5-7-12(8-6-11)10(3)4;1-7(13-11)9-3-5-10(6-4-9)8(2)14-12;8-7(9)6-4-2-1-3-5-6;7-6-4-2-1-3-5-6;2*7-5-1-2-6(8)4-3-5;1-2-4-6-5-3-1;1-3(2)4;1-3-2;/h5-10H,1-4H3;3-8,11-12H,1-2H3;1-5H;1-5H,7H2;1-4,7-8H;1-4H;1-6H;1-2H3;3H,1H2,2H3;1H4. The van der Waals surface area contributed by atoms with Gasteiger partial charge in [0.2, 0.25) is 0 Å². The fourth-order valence-electron chi connectivity index (χ4n) is 4.71. The summed E-state index contributed by atoms with van der Waals surface area (Å²) in [6, 6.07) is 51.3. The van der Waals surface area contributed by atoms with E-state index in [1.54, 1.807) is 38.1 Å². The second-order valence-corrected chi connectivity index (χ2v) is 15.6. The summed E-state index contributed by atoms with van der Waals surface area (Å²) in [5, 5.41) is 44.2. The first-order chi connectivity index (χ1) is 33.7. The van der Waals surface area contributed by atoms with Gasteiger partial charge in [0.15, 0.2) is 11.6 Å². The van der Waals surface area contributed by atoms with Gasteiger partial charge in [-0.15, -0.1) is 6.58 Å². The first-order valence-electron chi connectivity index (χ1n) is 22.5. The van der Waals surface area contributed by atoms with Crippen LogP contribution in [0.15, 0.2) is 207 Å². The van der Waals surface area contributed by atoms with Gasteiger partial charge in [-0.2, -0.15) is 0 Å². The number of anilines is 1. The molecule has 1 aliphatic rings. The number of nitro groups is 1. The maximum Gasteiger partial charge on any atom is 0.269 e. The van der Waals surface area contributed by atoms with Crippen LogP contribution < -0.4 is 5.73 Å². The zero-order chi connectivity index (χ0) is 54.0. The molecule has 0 heterocycles. The highest BCUT2D eigenvalue weighted by atomic mass is 17.1. The Morgan fingerprint density at radius 1 is 0.542 bits per heavy atom. The molecule has 0 aliphatic heterocycles. The topological polar surface area (TPSA) is 220 Å². The fraction of sp³-hybridized carbons (Fsp3) is 0.237. The van der Waals surface area contributed by atoms with Crippen LogP contribution in [0, 0.1) is 10.1 Å². The van der Waals surface area contributed by atoms with Crippen molar-refractivity contribution >= 4 is 28.7 Å². The molecule has 72 heavy (non-hydrogen) atoms. The molecule has 0 amide bonds. The minimum absolute atomic E-state index is 0. The maximum absolute atomic E-state index is 10.3. The summed E-state index contributed by atoms with van der Waals surface area (Å²) in [6.07, 6.45) is 6.05. The maximum atomic E-state index is 10.3. The highest BCUT2D eigenvalue weighted by Crippen LogP contribution is 2.21. The van der Waals surface area contributed by atoms with Crippen molar-refractivity contribution in [2.24, 2.45) is 0 Å². The van der Waals surface area contributed by atoms with E-state index >= 15 is 0 Å². The number of nitrogen functional groups attached to an aromatic ring is 1. The molecule has 1 aliphatic carbocycles. The van der Waals surface area contributed by atoms with E-state index in [2.05, 4.69) is 68.3 Å². The number of hydrogen-bond acceptors (Lipinski definition) is 12. The number of phenolic OH excluding ortho intramolecular Hbond substituents is 2. The Balaban J connectivity index is -0.000000763. The molecule has 0 saturated heterocycles. The van der Waals surface area contributed by atoms with Gasteiger partial charge >= 0.3 is 0 Å². The second-order valence-electron chi connectivity index (χ2n) is 15.6. The monoisotopic (exact) mass is 989 g/mol. The highest BCUT2D eigenvalue weighted by molar-refractivity contribution is 6.14. The van der Waals surface area contributed by atoms with Gasteiger partial charge in [-0.05, 0) is 129 Å². The molecule has 6 aromatic carbocycles. The number of nitro benzene ring substituents is 1. The van der Waals surface area contributed by atoms with Crippen molar-refractivity contribution in [3.05, 3.63) is 239 Å². The van der Waals surface area contributed by atoms with Crippen LogP contribution in [0.1, 0.15) is 116 Å². The number of carbonyl (C=O) groups is 3. The number of nitrogens with two attached hydrogens (primary N) is 1. The molecule has 6 N–H and O–H groups in total. The van der Waals surface area contributed by atoms with Gasteiger partial charge in [-0.1, -0.05) is 163 Å². The van der Waals surface area contributed by atoms with Crippen LogP contribution in [-0.4, -0.2) is 43.0 Å². The molecular formula is C59H76N2O11. The van der Waals surface area contributed by atoms with Crippen LogP contribution in [0.3, 0.4) is 0 Å². The fourth-order valence-corrected chi connectivity index (χ4v) is 4.71. The van der Waals surface area contributed by atoms with E-state index in [0.717, 1.165) is 16.8 Å². The average Bonchev–Trinajstić information content (AvgIpc) is 3.37. The number of para-hydroxylation sites is 2. The van der Waals surface area contributed by atoms with Gasteiger partial charge in [0.1, 0.15) is 29.5 Å². The largest absolute Gasteiger partial charge is 0.508 e. The van der Waals surface area contributed by atoms with E-state index in [1.165, 1.54) is 85.7 Å². The molecule has 0 spiro atoms. The molecule has 388 valence electrons. The molecule has 2 unspecified atom stereocenters. The third-order valence-corrected chi connectivity index (χ3v) is 8.57. The minimum atomic E-state index is -0.417. The molecule has 0 fully saturated rings. The second kappa shape index (κ2) is 43.2. The molecule has 13 heteroatoms. The number of allylic oxidation sites excluding steroid dienone is 5. The lowest BCUT2D eigenvalue weighted by atomic mass is 9.97. The first kappa shape index (κ1) is 68.5. The van der Waals surface area contributed by atoms with Crippen LogP contribution in [0.4, 0.5) is 11.4 Å². The number of carbonyl (C=O) groups excluding carboxylic acids is 3. The molecule has 0 aromatic heterocycles. The number of phenols is 2. The number of rotatable bonds is 7. The van der Waals surface area contributed by atoms with Gasteiger partial charge in [-0.3, -0.25) is 30.2 Å². The number of hydrogen-bond donors (Lipinski definition) is 5. The van der Waals surface area contributed by atoms with Crippen LogP contribution in [-0.2, 0) is 24.2 Å². The molecule has 13 nitrogen and oxygen atoms in total. The normalized spacial score (nSPS) is 10.9. The number of ketones is 3. The molecule has 0 radical (unpaired) electrons. The summed E-state index contributed by atoms with van der Waals surface area (Å²) in [5.41, 5.74) is 10.9. The molecule has 0 saturated carbocycles. The SMILES string of the molecule is C.C=CC.CC(C)=O.CC(C)c1ccc(C(C)C)cc1.CC(OO)c1ccc(C(C)OO)cc1.Nc1ccccc1.O=C1C=CC(=O)C=C1.O=[N+]([O-])c1ccccc1.Oc1ccc(O)cc1.c1ccccc1. The Labute approximate surface area is 427 Å². The summed E-state index contributed by atoms with van der Waals surface area (Å²) in [7, 11) is 0. The van der Waals surface area contributed by atoms with E-state index in [0.29, 0.717) is 11.8 Å². The summed E-state index contributed by atoms with van der Waals surface area (Å²) in [5.74, 6) is 1.55. The molecule has 0 bridgehead atoms. The van der Waals surface area contributed by atoms with Gasteiger partial charge < -0.3 is 20.7 Å². The van der Waals surface area contributed by atoms with Gasteiger partial charge in [0, 0.05) is 17.8 Å². The Morgan fingerprint density at radius 2 is 0.778 bits per heavy atom. The predicted octanol–water partition coefficient (Wildman–Crippen LogP) is 15.0. The quantitative estimate of drug-likeness (QED) is 0.0192. The van der Waals surface area contributed by atoms with Crippen molar-refractivity contribution < 1.29 is 49.8 Å². The number of benzene rings is 6. The lowest BCUT2D eigenvalue weighted by molar-refractivity contribution is -0.384. The Morgan fingerprint density at radius 3 is 0.972 bits per heavy atom. The molecule has 7 rings (SSSR count). The number of non-ortho nitro benzene ring substituents is 1. The van der Waals surface area contributed by atoms with Crippen LogP contribution in [0.2, 0.25) is 0 Å². The smallest absolute Gasteiger partial charge is 0.269 e. The third kappa shape index (κ3) is 38.1. The van der Waals surface area contributed by atoms with Crippen molar-refractivity contribution in [1.29, 1.82) is 0 Å². The highest BCUT2D eigenvalue weighted by Gasteiger charge is 2.08. The van der Waals surface area contributed by atoms with E-state index in [9.17, 15) is 24.5 Å². The lowest BCUT2D eigenvalue weighted by Gasteiger charge is -2.11. The Hall–Kier alpha value is -7.81. The van der Waals surface area contributed by atoms with E-state index in [1.807, 2.05) is 97.9 Å². The summed E-state index contributed by atoms with van der Waals surface area (Å²) in [6.45, 7) is 20.7. The van der Waals surface area contributed by atoms with Crippen molar-refractivity contribution in [2.45, 2.75) is 93.8 Å². The lowest BCUT2D eigenvalue weighted by Crippen LogP contribution is -1.99. The van der Waals surface area contributed by atoms with Gasteiger partial charge in [0.05, 0.1) is 4.92 Å². The number of Topliss-reactive ketones (excluding diaryl/α,β-unsaturated/α-hetero) is 1. The first-order valence-corrected chi connectivity index (χ1v) is 22.5. The van der Waals surface area contributed by atoms with Gasteiger partial charge in [0.25, 0.3) is 5.69 Å². The van der Waals surface area contributed by atoms with Crippen LogP contribution in [0.25, 0.3) is 0 Å². The average molecular weight is 989 g/mol. The van der Waals surface area contributed by atoms with Crippen molar-refractivity contribution in [3.63, 3.8) is 0 Å². The summed E-state index contributed by atoms with van der Waals surface area (Å²) >= 11 is 0. The number of aromatic hydroxyl groups is 2. The molecular weight excluding hydrogens is 913 g/mol. The summed E-state index contributed by atoms with van der Waals surface area (Å²) < 4.78 is 0. The molecule has 6 aromatic rings. The number of nitrogens with zero attached hydrogens (tertiary/aromatic N) is 1. The zero-order valence-electron chi connectivity index (χ0n) is 42.2. The van der Waals surface area contributed by atoms with Gasteiger partial charge in [-0.25, -0.2) is 9.78 Å². The Kier molecular flexibility index (Phi) is 41.1. The van der Waals surface area contributed by atoms with E-state index in [-0.39, 0.29) is 54.2 Å². The third-order valence-electron chi connectivity index (χ3n) is 8.57. The predicted molar refractivity (Wildman–Crippen MR) is 293 cm³/mol. The van der Waals surface area contributed by atoms with Crippen molar-refractivity contribution in [3.8, 4) is 11.5 Å². The van der Waals surface area contributed by atoms with E-state index < -0.39 is 4.92 Å². The van der Waals surface area contributed by atoms with Crippen LogP contribution in [0.5, 0.6) is 11.5 Å². The summed E-state index contributed by atoms with van der Waals surface area (Å²) in [4.78, 5) is 48.0.